The molecular formula is C31H44N6O4. The van der Waals surface area contributed by atoms with E-state index in [0.29, 0.717) is 35.4 Å². The number of hydrogen-bond acceptors (Lipinski definition) is 8. The molecule has 0 radical (unpaired) electrons. The molecule has 0 unspecified atom stereocenters. The van der Waals surface area contributed by atoms with E-state index < -0.39 is 17.7 Å². The van der Waals surface area contributed by atoms with Crippen molar-refractivity contribution in [2.45, 2.75) is 98.3 Å². The van der Waals surface area contributed by atoms with E-state index in [9.17, 15) is 9.59 Å². The summed E-state index contributed by atoms with van der Waals surface area (Å²) in [6, 6.07) is 8.49. The highest BCUT2D eigenvalue weighted by molar-refractivity contribution is 5.90. The number of amides is 1. The van der Waals surface area contributed by atoms with Gasteiger partial charge in [0.25, 0.3) is 0 Å². The van der Waals surface area contributed by atoms with E-state index >= 15 is 0 Å². The fourth-order valence-electron chi connectivity index (χ4n) is 4.99. The normalized spacial score (nSPS) is 14.3. The van der Waals surface area contributed by atoms with Gasteiger partial charge in [0.05, 0.1) is 19.5 Å². The number of rotatable bonds is 10. The number of hydrogen-bond donors (Lipinski definition) is 1. The van der Waals surface area contributed by atoms with Crippen molar-refractivity contribution >= 4 is 35.0 Å². The summed E-state index contributed by atoms with van der Waals surface area (Å²) in [4.78, 5) is 41.3. The van der Waals surface area contributed by atoms with Gasteiger partial charge in [-0.3, -0.25) is 4.79 Å². The molecule has 222 valence electrons. The highest BCUT2D eigenvalue weighted by Gasteiger charge is 2.28. The number of anilines is 2. The molecule has 0 spiro atoms. The first-order valence-corrected chi connectivity index (χ1v) is 14.8. The van der Waals surface area contributed by atoms with Crippen molar-refractivity contribution in [3.63, 3.8) is 0 Å². The summed E-state index contributed by atoms with van der Waals surface area (Å²) in [5.41, 5.74) is 2.51. The lowest BCUT2D eigenvalue weighted by atomic mass is 9.84. The summed E-state index contributed by atoms with van der Waals surface area (Å²) in [7, 11) is 0. The van der Waals surface area contributed by atoms with Crippen molar-refractivity contribution in [2.75, 3.05) is 23.4 Å². The molecule has 3 aromatic rings. The molecule has 0 aliphatic heterocycles. The summed E-state index contributed by atoms with van der Waals surface area (Å²) in [5.74, 6) is 1.20. The average Bonchev–Trinajstić information content (AvgIpc) is 3.32. The molecule has 0 atom stereocenters. The molecule has 1 aliphatic carbocycles. The van der Waals surface area contributed by atoms with Gasteiger partial charge in [0.2, 0.25) is 5.95 Å². The number of imidazole rings is 1. The van der Waals surface area contributed by atoms with Gasteiger partial charge in [-0.15, -0.1) is 0 Å². The molecule has 41 heavy (non-hydrogen) atoms. The number of carbonyl (C=O) groups is 2. The molecular weight excluding hydrogens is 520 g/mol. The monoisotopic (exact) mass is 564 g/mol. The van der Waals surface area contributed by atoms with E-state index in [1.807, 2.05) is 20.8 Å². The smallest absolute Gasteiger partial charge is 0.417 e. The first-order chi connectivity index (χ1) is 19.5. The SMILES string of the molecule is CCOC(=O)Cn1cnc2c(NCC(C)C)nc(N(Cc3ccc(C4CCCCC4)cc3)C(=O)OC(C)(C)C)nc21. The second kappa shape index (κ2) is 13.3. The lowest BCUT2D eigenvalue weighted by Crippen LogP contribution is -2.37. The zero-order valence-electron chi connectivity index (χ0n) is 25.3. The largest absolute Gasteiger partial charge is 0.465 e. The van der Waals surface area contributed by atoms with Crippen LogP contribution in [0, 0.1) is 5.92 Å². The number of fused-ring (bicyclic) bond motifs is 1. The van der Waals surface area contributed by atoms with Crippen LogP contribution in [0.25, 0.3) is 11.2 Å². The topological polar surface area (TPSA) is 111 Å². The third kappa shape index (κ3) is 8.17. The second-order valence-corrected chi connectivity index (χ2v) is 12.1. The molecule has 1 N–H and O–H groups in total. The molecule has 2 heterocycles. The molecule has 1 aromatic carbocycles. The van der Waals surface area contributed by atoms with Crippen LogP contribution >= 0.6 is 0 Å². The van der Waals surface area contributed by atoms with Gasteiger partial charge in [0, 0.05) is 6.54 Å². The van der Waals surface area contributed by atoms with Crippen molar-refractivity contribution in [1.82, 2.24) is 19.5 Å². The quantitative estimate of drug-likeness (QED) is 0.280. The lowest BCUT2D eigenvalue weighted by Gasteiger charge is -2.27. The van der Waals surface area contributed by atoms with E-state index in [1.165, 1.54) is 42.6 Å². The number of esters is 1. The van der Waals surface area contributed by atoms with Gasteiger partial charge >= 0.3 is 12.1 Å². The maximum Gasteiger partial charge on any atom is 0.417 e. The minimum absolute atomic E-state index is 0.0561. The maximum atomic E-state index is 13.6. The van der Waals surface area contributed by atoms with E-state index in [2.05, 4.69) is 48.4 Å². The zero-order valence-corrected chi connectivity index (χ0v) is 25.3. The fourth-order valence-corrected chi connectivity index (χ4v) is 4.99. The fraction of sp³-hybridized carbons (Fsp3) is 0.581. The van der Waals surface area contributed by atoms with Crippen LogP contribution in [0.1, 0.15) is 90.7 Å². The van der Waals surface area contributed by atoms with E-state index in [1.54, 1.807) is 17.8 Å². The second-order valence-electron chi connectivity index (χ2n) is 12.1. The first-order valence-electron chi connectivity index (χ1n) is 14.8. The zero-order chi connectivity index (χ0) is 29.6. The Hall–Kier alpha value is -3.69. The third-order valence-corrected chi connectivity index (χ3v) is 6.99. The predicted molar refractivity (Wildman–Crippen MR) is 160 cm³/mol. The van der Waals surface area contributed by atoms with E-state index in [4.69, 9.17) is 19.4 Å². The Morgan fingerprint density at radius 3 is 2.44 bits per heavy atom. The van der Waals surface area contributed by atoms with Gasteiger partial charge in [-0.05, 0) is 63.5 Å². The summed E-state index contributed by atoms with van der Waals surface area (Å²) in [6.45, 7) is 12.5. The Labute approximate surface area is 242 Å². The summed E-state index contributed by atoms with van der Waals surface area (Å²) in [5, 5.41) is 3.35. The van der Waals surface area contributed by atoms with Crippen molar-refractivity contribution in [3.05, 3.63) is 41.7 Å². The van der Waals surface area contributed by atoms with Gasteiger partial charge in [-0.1, -0.05) is 57.4 Å². The minimum atomic E-state index is -0.714. The molecule has 4 rings (SSSR count). The maximum absolute atomic E-state index is 13.6. The highest BCUT2D eigenvalue weighted by Crippen LogP contribution is 2.33. The number of aromatic nitrogens is 4. The number of benzene rings is 1. The molecule has 0 saturated heterocycles. The van der Waals surface area contributed by atoms with Crippen molar-refractivity contribution in [1.29, 1.82) is 0 Å². The Kier molecular flexibility index (Phi) is 9.83. The Balaban J connectivity index is 1.72. The standard InChI is InChI=1S/C31H44N6O4/c1-7-40-25(38)19-36-20-33-26-27(32-17-21(2)3)34-29(35-28(26)36)37(30(39)41-31(4,5)6)18-22-13-15-24(16-14-22)23-11-9-8-10-12-23/h13-16,20-21,23H,7-12,17-19H2,1-6H3,(H,32,34,35). The van der Waals surface area contributed by atoms with Crippen LogP contribution in [0.5, 0.6) is 0 Å². The molecule has 0 bridgehead atoms. The van der Waals surface area contributed by atoms with Crippen LogP contribution < -0.4 is 10.2 Å². The van der Waals surface area contributed by atoms with Gasteiger partial charge in [-0.2, -0.15) is 9.97 Å². The van der Waals surface area contributed by atoms with Gasteiger partial charge in [0.15, 0.2) is 17.0 Å². The molecule has 2 aromatic heterocycles. The van der Waals surface area contributed by atoms with Gasteiger partial charge in [-0.25, -0.2) is 14.7 Å². The predicted octanol–water partition coefficient (Wildman–Crippen LogP) is 6.45. The Morgan fingerprint density at radius 1 is 1.10 bits per heavy atom. The number of carbonyl (C=O) groups excluding carboxylic acids is 2. The van der Waals surface area contributed by atoms with Crippen LogP contribution in [0.15, 0.2) is 30.6 Å². The van der Waals surface area contributed by atoms with Crippen LogP contribution in [-0.2, 0) is 27.4 Å². The molecule has 1 aliphatic rings. The van der Waals surface area contributed by atoms with Gasteiger partial charge < -0.3 is 19.4 Å². The highest BCUT2D eigenvalue weighted by atomic mass is 16.6. The minimum Gasteiger partial charge on any atom is -0.465 e. The molecule has 10 nitrogen and oxygen atoms in total. The molecule has 1 saturated carbocycles. The van der Waals surface area contributed by atoms with Crippen molar-refractivity contribution < 1.29 is 19.1 Å². The van der Waals surface area contributed by atoms with Crippen LogP contribution in [0.2, 0.25) is 0 Å². The number of nitrogens with zero attached hydrogens (tertiary/aromatic N) is 5. The van der Waals surface area contributed by atoms with Crippen LogP contribution in [-0.4, -0.2) is 50.3 Å². The van der Waals surface area contributed by atoms with Crippen LogP contribution in [0.3, 0.4) is 0 Å². The summed E-state index contributed by atoms with van der Waals surface area (Å²) < 4.78 is 12.6. The Morgan fingerprint density at radius 2 is 1.80 bits per heavy atom. The lowest BCUT2D eigenvalue weighted by molar-refractivity contribution is -0.143. The molecule has 1 amide bonds. The van der Waals surface area contributed by atoms with Crippen LogP contribution in [0.4, 0.5) is 16.6 Å². The Bertz CT molecular complexity index is 1320. The first kappa shape index (κ1) is 30.3. The molecule has 10 heteroatoms. The van der Waals surface area contributed by atoms with E-state index in [0.717, 1.165) is 5.56 Å². The number of nitrogens with one attached hydrogen (secondary N) is 1. The van der Waals surface area contributed by atoms with Crippen molar-refractivity contribution in [3.8, 4) is 0 Å². The van der Waals surface area contributed by atoms with E-state index in [-0.39, 0.29) is 25.6 Å². The average molecular weight is 565 g/mol. The van der Waals surface area contributed by atoms with Crippen molar-refractivity contribution in [2.24, 2.45) is 5.92 Å². The third-order valence-electron chi connectivity index (χ3n) is 6.99. The molecule has 1 fully saturated rings. The summed E-state index contributed by atoms with van der Waals surface area (Å²) in [6.07, 6.45) is 7.31. The van der Waals surface area contributed by atoms with Gasteiger partial charge in [0.1, 0.15) is 12.1 Å². The number of ether oxygens (including phenoxy) is 2. The summed E-state index contributed by atoms with van der Waals surface area (Å²) >= 11 is 0.